The summed E-state index contributed by atoms with van der Waals surface area (Å²) < 4.78 is 0. The molecule has 98 valence electrons. The van der Waals surface area contributed by atoms with Gasteiger partial charge < -0.3 is 10.2 Å². The molecule has 3 nitrogen and oxygen atoms in total. The normalized spacial score (nSPS) is 33.5. The molecular formula is C14H26N2O. The van der Waals surface area contributed by atoms with E-state index in [1.165, 1.54) is 6.42 Å². The van der Waals surface area contributed by atoms with E-state index in [1.54, 1.807) is 0 Å². The summed E-state index contributed by atoms with van der Waals surface area (Å²) in [6.07, 6.45) is 4.57. The Balaban J connectivity index is 1.95. The maximum Gasteiger partial charge on any atom is 0.227 e. The summed E-state index contributed by atoms with van der Waals surface area (Å²) in [7, 11) is 0. The molecule has 2 fully saturated rings. The monoisotopic (exact) mass is 238 g/mol. The van der Waals surface area contributed by atoms with Crippen LogP contribution in [0.2, 0.25) is 0 Å². The molecule has 2 saturated heterocycles. The second-order valence-corrected chi connectivity index (χ2v) is 6.48. The van der Waals surface area contributed by atoms with Gasteiger partial charge in [0.15, 0.2) is 0 Å². The Hall–Kier alpha value is -0.570. The lowest BCUT2D eigenvalue weighted by atomic mass is 9.85. The van der Waals surface area contributed by atoms with Gasteiger partial charge in [0.1, 0.15) is 0 Å². The largest absolute Gasteiger partial charge is 0.342 e. The van der Waals surface area contributed by atoms with E-state index in [4.69, 9.17) is 0 Å². The van der Waals surface area contributed by atoms with Crippen LogP contribution in [0.3, 0.4) is 0 Å². The van der Waals surface area contributed by atoms with E-state index in [0.717, 1.165) is 38.9 Å². The number of amides is 1. The van der Waals surface area contributed by atoms with Crippen molar-refractivity contribution in [2.24, 2.45) is 11.3 Å². The van der Waals surface area contributed by atoms with Gasteiger partial charge in [-0.1, -0.05) is 13.8 Å². The number of rotatable bonds is 1. The summed E-state index contributed by atoms with van der Waals surface area (Å²) >= 11 is 0. The lowest BCUT2D eigenvalue weighted by molar-refractivity contribution is -0.135. The molecule has 0 bridgehead atoms. The van der Waals surface area contributed by atoms with Gasteiger partial charge in [-0.15, -0.1) is 0 Å². The van der Waals surface area contributed by atoms with Crippen molar-refractivity contribution in [1.29, 1.82) is 0 Å². The predicted octanol–water partition coefficient (Wildman–Crippen LogP) is 2.02. The number of hydrogen-bond acceptors (Lipinski definition) is 2. The van der Waals surface area contributed by atoms with Crippen LogP contribution in [0, 0.1) is 11.3 Å². The number of likely N-dealkylation sites (tertiary alicyclic amines) is 1. The fourth-order valence-corrected chi connectivity index (χ4v) is 3.07. The number of nitrogens with zero attached hydrogens (tertiary/aromatic N) is 1. The van der Waals surface area contributed by atoms with Crippen LogP contribution in [0.25, 0.3) is 0 Å². The molecule has 2 atom stereocenters. The van der Waals surface area contributed by atoms with Crippen LogP contribution in [-0.2, 0) is 4.79 Å². The van der Waals surface area contributed by atoms with Gasteiger partial charge in [-0.3, -0.25) is 4.79 Å². The summed E-state index contributed by atoms with van der Waals surface area (Å²) in [5, 5.41) is 3.37. The molecule has 1 amide bonds. The first-order chi connectivity index (χ1) is 7.99. The van der Waals surface area contributed by atoms with Crippen LogP contribution in [0.5, 0.6) is 0 Å². The van der Waals surface area contributed by atoms with E-state index >= 15 is 0 Å². The second kappa shape index (κ2) is 4.97. The van der Waals surface area contributed by atoms with E-state index in [9.17, 15) is 4.79 Å². The molecule has 3 heteroatoms. The zero-order valence-electron chi connectivity index (χ0n) is 11.5. The van der Waals surface area contributed by atoms with Crippen molar-refractivity contribution < 1.29 is 4.79 Å². The molecule has 2 heterocycles. The van der Waals surface area contributed by atoms with Crippen LogP contribution in [0.4, 0.5) is 0 Å². The first kappa shape index (κ1) is 12.9. The molecule has 2 aliphatic rings. The predicted molar refractivity (Wildman–Crippen MR) is 69.8 cm³/mol. The lowest BCUT2D eigenvalue weighted by Crippen LogP contribution is -2.40. The topological polar surface area (TPSA) is 32.3 Å². The third kappa shape index (κ3) is 3.01. The summed E-state index contributed by atoms with van der Waals surface area (Å²) in [5.74, 6) is 0.608. The van der Waals surface area contributed by atoms with E-state index in [-0.39, 0.29) is 5.92 Å². The SMILES string of the molecule is CC1NCCC1C(=O)N1CCCC(C)(C)CC1. The molecule has 2 aliphatic heterocycles. The molecular weight excluding hydrogens is 212 g/mol. The molecule has 17 heavy (non-hydrogen) atoms. The van der Waals surface area contributed by atoms with Crippen molar-refractivity contribution in [2.45, 2.75) is 52.5 Å². The summed E-state index contributed by atoms with van der Waals surface area (Å²) in [6, 6.07) is 0.360. The fourth-order valence-electron chi connectivity index (χ4n) is 3.07. The Bertz CT molecular complexity index is 288. The third-order valence-corrected chi connectivity index (χ3v) is 4.49. The van der Waals surface area contributed by atoms with Crippen LogP contribution in [0.15, 0.2) is 0 Å². The standard InChI is InChI=1S/C14H26N2O/c1-11-12(5-8-15-11)13(17)16-9-4-6-14(2,3)7-10-16/h11-12,15H,4-10H2,1-3H3. The molecule has 0 saturated carbocycles. The molecule has 0 aromatic rings. The highest BCUT2D eigenvalue weighted by molar-refractivity contribution is 5.80. The second-order valence-electron chi connectivity index (χ2n) is 6.48. The zero-order chi connectivity index (χ0) is 12.5. The first-order valence-corrected chi connectivity index (χ1v) is 7.02. The number of nitrogens with one attached hydrogen (secondary N) is 1. The minimum atomic E-state index is 0.219. The van der Waals surface area contributed by atoms with E-state index in [1.807, 2.05) is 0 Å². The quantitative estimate of drug-likeness (QED) is 0.758. The molecule has 0 spiro atoms. The Morgan fingerprint density at radius 1 is 1.29 bits per heavy atom. The Labute approximate surface area is 105 Å². The van der Waals surface area contributed by atoms with Crippen molar-refractivity contribution in [1.82, 2.24) is 10.2 Å². The van der Waals surface area contributed by atoms with E-state index in [2.05, 4.69) is 31.0 Å². The molecule has 0 aliphatic carbocycles. The summed E-state index contributed by atoms with van der Waals surface area (Å²) in [4.78, 5) is 14.6. The Kier molecular flexibility index (Phi) is 3.76. The first-order valence-electron chi connectivity index (χ1n) is 7.02. The van der Waals surface area contributed by atoms with Gasteiger partial charge in [0.25, 0.3) is 0 Å². The van der Waals surface area contributed by atoms with E-state index < -0.39 is 0 Å². The average Bonchev–Trinajstić information content (AvgIpc) is 2.59. The highest BCUT2D eigenvalue weighted by atomic mass is 16.2. The fraction of sp³-hybridized carbons (Fsp3) is 0.929. The van der Waals surface area contributed by atoms with Gasteiger partial charge in [-0.2, -0.15) is 0 Å². The molecule has 2 rings (SSSR count). The number of carbonyl (C=O) groups is 1. The van der Waals surface area contributed by atoms with Gasteiger partial charge in [-0.25, -0.2) is 0 Å². The molecule has 0 aromatic carbocycles. The molecule has 0 aromatic heterocycles. The van der Waals surface area contributed by atoms with Crippen molar-refractivity contribution in [3.8, 4) is 0 Å². The third-order valence-electron chi connectivity index (χ3n) is 4.49. The average molecular weight is 238 g/mol. The zero-order valence-corrected chi connectivity index (χ0v) is 11.5. The van der Waals surface area contributed by atoms with Gasteiger partial charge in [0.2, 0.25) is 5.91 Å². The minimum absolute atomic E-state index is 0.219. The van der Waals surface area contributed by atoms with Crippen molar-refractivity contribution in [3.63, 3.8) is 0 Å². The summed E-state index contributed by atoms with van der Waals surface area (Å²) in [5.41, 5.74) is 0.411. The van der Waals surface area contributed by atoms with Gasteiger partial charge in [-0.05, 0) is 44.6 Å². The highest BCUT2D eigenvalue weighted by Gasteiger charge is 2.34. The highest BCUT2D eigenvalue weighted by Crippen LogP contribution is 2.31. The van der Waals surface area contributed by atoms with Crippen LogP contribution >= 0.6 is 0 Å². The molecule has 2 unspecified atom stereocenters. The molecule has 1 N–H and O–H groups in total. The maximum absolute atomic E-state index is 12.5. The molecule has 0 radical (unpaired) electrons. The Morgan fingerprint density at radius 2 is 2.06 bits per heavy atom. The number of carbonyl (C=O) groups excluding carboxylic acids is 1. The van der Waals surface area contributed by atoms with Crippen LogP contribution in [-0.4, -0.2) is 36.5 Å². The van der Waals surface area contributed by atoms with Crippen molar-refractivity contribution in [2.75, 3.05) is 19.6 Å². The smallest absolute Gasteiger partial charge is 0.227 e. The van der Waals surface area contributed by atoms with Crippen LogP contribution in [0.1, 0.15) is 46.5 Å². The lowest BCUT2D eigenvalue weighted by Gasteiger charge is -2.26. The maximum atomic E-state index is 12.5. The van der Waals surface area contributed by atoms with Crippen molar-refractivity contribution in [3.05, 3.63) is 0 Å². The number of hydrogen-bond donors (Lipinski definition) is 1. The van der Waals surface area contributed by atoms with Gasteiger partial charge in [0.05, 0.1) is 5.92 Å². The minimum Gasteiger partial charge on any atom is -0.342 e. The summed E-state index contributed by atoms with van der Waals surface area (Å²) in [6.45, 7) is 9.69. The Morgan fingerprint density at radius 3 is 2.71 bits per heavy atom. The van der Waals surface area contributed by atoms with Crippen molar-refractivity contribution >= 4 is 5.91 Å². The van der Waals surface area contributed by atoms with Gasteiger partial charge in [0, 0.05) is 19.1 Å². The van der Waals surface area contributed by atoms with E-state index in [0.29, 0.717) is 17.4 Å². The van der Waals surface area contributed by atoms with Crippen LogP contribution < -0.4 is 5.32 Å². The van der Waals surface area contributed by atoms with Gasteiger partial charge >= 0.3 is 0 Å².